The number of fused-ring (bicyclic) bond motifs is 1. The van der Waals surface area contributed by atoms with Gasteiger partial charge in [-0.2, -0.15) is 8.42 Å². The van der Waals surface area contributed by atoms with Crippen molar-refractivity contribution in [1.29, 1.82) is 0 Å². The van der Waals surface area contributed by atoms with Gasteiger partial charge in [0.1, 0.15) is 23.9 Å². The van der Waals surface area contributed by atoms with E-state index < -0.39 is 67.3 Å². The molecule has 5 aromatic rings. The van der Waals surface area contributed by atoms with Crippen molar-refractivity contribution in [3.05, 3.63) is 139 Å². The van der Waals surface area contributed by atoms with Crippen LogP contribution in [0.2, 0.25) is 18.1 Å². The fourth-order valence-electron chi connectivity index (χ4n) is 9.27. The van der Waals surface area contributed by atoms with Gasteiger partial charge in [0.15, 0.2) is 8.32 Å². The minimum Gasteiger partial charge on any atom is -0.457 e. The number of esters is 1. The summed E-state index contributed by atoms with van der Waals surface area (Å²) in [5.41, 5.74) is 0.802. The zero-order valence-electron chi connectivity index (χ0n) is 37.1. The van der Waals surface area contributed by atoms with Crippen LogP contribution in [0, 0.1) is 17.8 Å². The highest BCUT2D eigenvalue weighted by Gasteiger charge is 2.61. The fraction of sp³-hybridized carbons (Fsp3) is 0.360. The monoisotopic (exact) mass is 923 g/mol. The van der Waals surface area contributed by atoms with Gasteiger partial charge in [-0.25, -0.2) is 4.79 Å². The van der Waals surface area contributed by atoms with Gasteiger partial charge in [-0.1, -0.05) is 149 Å². The molecule has 2 fully saturated rings. The SMILES string of the molecule is C=CCOC(=O)C(N1C(=O)[C@H]([C@@H](C)O[Si](C)(C)C(C)(C)C)[C@H]1[C@H]1CCCC(C(OS(C)(=O)=O)c2csc3ccccc23)C1=O)=P(c1ccccc1)(c1ccccc1)c1ccccc1. The number of Topliss-reactive ketones (excluding diaryl/α,β-unsaturated/α-hetero) is 1. The molecule has 0 spiro atoms. The second kappa shape index (κ2) is 18.6. The Labute approximate surface area is 377 Å². The summed E-state index contributed by atoms with van der Waals surface area (Å²) in [6.07, 6.45) is 2.14. The van der Waals surface area contributed by atoms with Gasteiger partial charge in [-0.05, 0) is 70.6 Å². The van der Waals surface area contributed by atoms with E-state index >= 15 is 14.4 Å². The summed E-state index contributed by atoms with van der Waals surface area (Å²) >= 11 is 1.47. The lowest BCUT2D eigenvalue weighted by molar-refractivity contribution is -0.164. The van der Waals surface area contributed by atoms with Crippen LogP contribution >= 0.6 is 18.2 Å². The van der Waals surface area contributed by atoms with Gasteiger partial charge in [0.2, 0.25) is 5.91 Å². The largest absolute Gasteiger partial charge is 0.457 e. The van der Waals surface area contributed by atoms with E-state index in [1.54, 1.807) is 4.90 Å². The van der Waals surface area contributed by atoms with Crippen molar-refractivity contribution in [2.45, 2.75) is 83.3 Å². The van der Waals surface area contributed by atoms with E-state index in [4.69, 9.17) is 13.3 Å². The van der Waals surface area contributed by atoms with Crippen molar-refractivity contribution in [1.82, 2.24) is 4.90 Å². The van der Waals surface area contributed by atoms with E-state index in [0.717, 1.165) is 32.3 Å². The Morgan fingerprint density at radius 2 is 1.43 bits per heavy atom. The number of ketones is 1. The maximum absolute atomic E-state index is 15.6. The average molecular weight is 924 g/mol. The predicted octanol–water partition coefficient (Wildman–Crippen LogP) is 8.99. The zero-order chi connectivity index (χ0) is 45.3. The molecule has 1 amide bonds. The quantitative estimate of drug-likeness (QED) is 0.0255. The number of hydrogen-bond acceptors (Lipinski definition) is 9. The number of amides is 1. The molecule has 63 heavy (non-hydrogen) atoms. The molecular weight excluding hydrogens is 866 g/mol. The number of likely N-dealkylation sites (tertiary alicyclic amines) is 1. The van der Waals surface area contributed by atoms with Crippen LogP contribution < -0.4 is 15.9 Å². The second-order valence-electron chi connectivity index (χ2n) is 18.2. The number of benzene rings is 4. The maximum atomic E-state index is 15.6. The van der Waals surface area contributed by atoms with Gasteiger partial charge in [-0.15, -0.1) is 11.3 Å². The Hall–Kier alpha value is -4.42. The first-order valence-electron chi connectivity index (χ1n) is 21.5. The first kappa shape index (κ1) is 46.6. The fourth-order valence-corrected chi connectivity index (χ4v) is 16.7. The van der Waals surface area contributed by atoms with E-state index in [0.29, 0.717) is 24.8 Å². The van der Waals surface area contributed by atoms with Crippen LogP contribution in [0.4, 0.5) is 0 Å². The van der Waals surface area contributed by atoms with Crippen LogP contribution in [0.3, 0.4) is 0 Å². The number of ether oxygens (including phenoxy) is 1. The Balaban J connectivity index is 1.50. The summed E-state index contributed by atoms with van der Waals surface area (Å²) in [7, 11) is -6.53. The minimum atomic E-state index is -4.04. The summed E-state index contributed by atoms with van der Waals surface area (Å²) in [4.78, 5) is 48.2. The number of thiophene rings is 1. The number of rotatable bonds is 15. The van der Waals surface area contributed by atoms with Crippen LogP contribution in [-0.4, -0.2) is 69.7 Å². The first-order chi connectivity index (χ1) is 29.9. The van der Waals surface area contributed by atoms with Crippen molar-refractivity contribution in [2.24, 2.45) is 17.8 Å². The molecule has 1 saturated carbocycles. The third-order valence-corrected chi connectivity index (χ3v) is 23.5. The minimum absolute atomic E-state index is 0.106. The molecule has 1 aromatic heterocycles. The molecule has 7 rings (SSSR count). The van der Waals surface area contributed by atoms with E-state index in [9.17, 15) is 8.42 Å². The zero-order valence-corrected chi connectivity index (χ0v) is 40.6. The second-order valence-corrected chi connectivity index (χ2v) is 28.7. The summed E-state index contributed by atoms with van der Waals surface area (Å²) in [5, 5.41) is 5.00. The molecule has 1 aliphatic heterocycles. The Morgan fingerprint density at radius 1 is 0.889 bits per heavy atom. The van der Waals surface area contributed by atoms with Crippen molar-refractivity contribution < 1.29 is 36.1 Å². The van der Waals surface area contributed by atoms with Crippen LogP contribution in [0.1, 0.15) is 58.6 Å². The Kier molecular flexibility index (Phi) is 13.7. The molecule has 13 heteroatoms. The normalized spacial score (nSPS) is 20.8. The lowest BCUT2D eigenvalue weighted by Crippen LogP contribution is -2.72. The van der Waals surface area contributed by atoms with Crippen molar-refractivity contribution in [2.75, 3.05) is 12.9 Å². The molecule has 9 nitrogen and oxygen atoms in total. The highest BCUT2D eigenvalue weighted by Crippen LogP contribution is 2.53. The van der Waals surface area contributed by atoms with Gasteiger partial charge in [0.05, 0.1) is 24.3 Å². The van der Waals surface area contributed by atoms with Crippen LogP contribution in [-0.2, 0) is 37.8 Å². The molecule has 0 radical (unpaired) electrons. The lowest BCUT2D eigenvalue weighted by atomic mass is 9.66. The molecule has 332 valence electrons. The third-order valence-electron chi connectivity index (χ3n) is 13.1. The molecule has 0 bridgehead atoms. The number of carbonyl (C=O) groups excluding carboxylic acids is 3. The standard InChI is InChI=1S/C50H58NO8PS2Si/c1-9-32-57-49(54)48(60(35-22-13-10-14-23-35,36-24-15-11-16-25-36)37-26-17-12-18-27-37)51-44(43(47(51)53)34(2)59-63(7,8)50(3,4)5)39-29-21-30-40(45(39)52)46(58-62(6,55)56)41-33-61-42-31-20-19-28-38(41)42/h9-20,22-28,31,33-34,39-40,43-44,46H,1,21,29-30,32H2,2-8H3/t34-,39-,40?,43-,44-,46?/m1/s1. The highest BCUT2D eigenvalue weighted by atomic mass is 32.2. The number of nitrogens with zero attached hydrogens (tertiary/aromatic N) is 1. The Morgan fingerprint density at radius 3 is 1.95 bits per heavy atom. The van der Waals surface area contributed by atoms with Crippen molar-refractivity contribution in [3.63, 3.8) is 0 Å². The molecule has 2 unspecified atom stereocenters. The Bertz CT molecular complexity index is 2540. The van der Waals surface area contributed by atoms with Crippen LogP contribution in [0.15, 0.2) is 133 Å². The van der Waals surface area contributed by atoms with E-state index in [1.165, 1.54) is 17.4 Å². The number of carbonyl (C=O) groups is 3. The van der Waals surface area contributed by atoms with Gasteiger partial charge in [0.25, 0.3) is 10.1 Å². The summed E-state index contributed by atoms with van der Waals surface area (Å²) in [6.45, 7) is 13.0. The van der Waals surface area contributed by atoms with E-state index in [-0.39, 0.29) is 28.8 Å². The molecular formula is C50H58NO8PS2Si. The van der Waals surface area contributed by atoms with Gasteiger partial charge < -0.3 is 14.1 Å². The van der Waals surface area contributed by atoms with E-state index in [2.05, 4.69) is 40.4 Å². The topological polar surface area (TPSA) is 116 Å². The van der Waals surface area contributed by atoms with Gasteiger partial charge in [-0.3, -0.25) is 13.8 Å². The van der Waals surface area contributed by atoms with Gasteiger partial charge >= 0.3 is 5.97 Å². The lowest BCUT2D eigenvalue weighted by Gasteiger charge is -2.56. The molecule has 1 saturated heterocycles. The molecule has 1 aliphatic carbocycles. The van der Waals surface area contributed by atoms with Crippen LogP contribution in [0.25, 0.3) is 10.1 Å². The number of hydrogen-bond donors (Lipinski definition) is 0. The average Bonchev–Trinajstić information content (AvgIpc) is 3.68. The molecule has 4 aromatic carbocycles. The maximum Gasteiger partial charge on any atom is 0.356 e. The molecule has 2 heterocycles. The highest BCUT2D eigenvalue weighted by molar-refractivity contribution is 7.96. The van der Waals surface area contributed by atoms with Gasteiger partial charge in [0, 0.05) is 29.0 Å². The predicted molar refractivity (Wildman–Crippen MR) is 260 cm³/mol. The molecule has 6 atom stereocenters. The van der Waals surface area contributed by atoms with E-state index in [1.807, 2.05) is 128 Å². The van der Waals surface area contributed by atoms with Crippen LogP contribution in [0.5, 0.6) is 0 Å². The molecule has 2 aliphatic rings. The summed E-state index contributed by atoms with van der Waals surface area (Å²) < 4.78 is 46.1. The summed E-state index contributed by atoms with van der Waals surface area (Å²) in [6, 6.07) is 36.2. The molecule has 0 N–H and O–H groups in total. The van der Waals surface area contributed by atoms with Crippen molar-refractivity contribution >= 4 is 85.7 Å². The third kappa shape index (κ3) is 9.00. The first-order valence-corrected chi connectivity index (χ1v) is 28.9. The smallest absolute Gasteiger partial charge is 0.356 e. The number of β-lactam (4-membered cyclic amide) rings is 1. The van der Waals surface area contributed by atoms with Crippen molar-refractivity contribution in [3.8, 4) is 0 Å². The summed E-state index contributed by atoms with van der Waals surface area (Å²) in [5.74, 6) is -3.70.